The third-order valence-electron chi connectivity index (χ3n) is 2.83. The Bertz CT molecular complexity index is 554. The molecule has 0 unspecified atom stereocenters. The van der Waals surface area contributed by atoms with E-state index < -0.39 is 5.97 Å². The molecule has 0 aliphatic carbocycles. The second-order valence-electron chi connectivity index (χ2n) is 4.50. The van der Waals surface area contributed by atoms with Gasteiger partial charge in [0.1, 0.15) is 12.4 Å². The SMILES string of the molecule is CN(CCOc1cccc(C(=O)O)c1)Cc1cccs1. The Morgan fingerprint density at radius 2 is 2.20 bits per heavy atom. The van der Waals surface area contributed by atoms with Crippen LogP contribution in [0.2, 0.25) is 0 Å². The Morgan fingerprint density at radius 3 is 2.90 bits per heavy atom. The van der Waals surface area contributed by atoms with Crippen LogP contribution in [0, 0.1) is 0 Å². The van der Waals surface area contributed by atoms with Crippen molar-refractivity contribution in [2.24, 2.45) is 0 Å². The summed E-state index contributed by atoms with van der Waals surface area (Å²) in [5, 5.41) is 11.0. The normalized spacial score (nSPS) is 10.7. The van der Waals surface area contributed by atoms with E-state index in [1.54, 1.807) is 35.6 Å². The molecule has 0 saturated carbocycles. The minimum atomic E-state index is -0.940. The van der Waals surface area contributed by atoms with E-state index in [-0.39, 0.29) is 5.56 Å². The fourth-order valence-electron chi connectivity index (χ4n) is 1.79. The third kappa shape index (κ3) is 4.36. The predicted molar refractivity (Wildman–Crippen MR) is 79.5 cm³/mol. The molecule has 1 aromatic carbocycles. The number of thiophene rings is 1. The fourth-order valence-corrected chi connectivity index (χ4v) is 2.57. The van der Waals surface area contributed by atoms with Gasteiger partial charge in [-0.25, -0.2) is 4.79 Å². The maximum atomic E-state index is 10.9. The first-order chi connectivity index (χ1) is 9.65. The number of nitrogens with zero attached hydrogens (tertiary/aromatic N) is 1. The Hall–Kier alpha value is -1.85. The summed E-state index contributed by atoms with van der Waals surface area (Å²) in [6, 6.07) is 10.7. The van der Waals surface area contributed by atoms with Crippen molar-refractivity contribution < 1.29 is 14.6 Å². The van der Waals surface area contributed by atoms with Gasteiger partial charge in [-0.15, -0.1) is 11.3 Å². The molecule has 1 N–H and O–H groups in total. The molecule has 0 aliphatic heterocycles. The highest BCUT2D eigenvalue weighted by atomic mass is 32.1. The topological polar surface area (TPSA) is 49.8 Å². The van der Waals surface area contributed by atoms with Crippen LogP contribution in [-0.4, -0.2) is 36.2 Å². The first kappa shape index (κ1) is 14.6. The Kier molecular flexibility index (Phi) is 5.15. The van der Waals surface area contributed by atoms with E-state index in [2.05, 4.69) is 16.3 Å². The molecule has 5 heteroatoms. The summed E-state index contributed by atoms with van der Waals surface area (Å²) in [5.41, 5.74) is 0.245. The molecule has 0 saturated heterocycles. The molecule has 0 aliphatic rings. The largest absolute Gasteiger partial charge is 0.492 e. The van der Waals surface area contributed by atoms with Crippen LogP contribution in [0.3, 0.4) is 0 Å². The van der Waals surface area contributed by atoms with Crippen molar-refractivity contribution in [3.63, 3.8) is 0 Å². The van der Waals surface area contributed by atoms with Crippen LogP contribution in [0.25, 0.3) is 0 Å². The van der Waals surface area contributed by atoms with E-state index in [9.17, 15) is 4.79 Å². The van der Waals surface area contributed by atoms with E-state index in [0.717, 1.165) is 13.1 Å². The lowest BCUT2D eigenvalue weighted by atomic mass is 10.2. The summed E-state index contributed by atoms with van der Waals surface area (Å²) in [7, 11) is 2.04. The minimum Gasteiger partial charge on any atom is -0.492 e. The average molecular weight is 291 g/mol. The number of ether oxygens (including phenoxy) is 1. The van der Waals surface area contributed by atoms with Crippen molar-refractivity contribution in [3.8, 4) is 5.75 Å². The summed E-state index contributed by atoms with van der Waals surface area (Å²) in [6.07, 6.45) is 0. The molecule has 2 rings (SSSR count). The molecule has 0 atom stereocenters. The lowest BCUT2D eigenvalue weighted by molar-refractivity contribution is 0.0696. The molecule has 4 nitrogen and oxygen atoms in total. The molecular formula is C15H17NO3S. The summed E-state index contributed by atoms with van der Waals surface area (Å²) in [6.45, 7) is 2.22. The number of benzene rings is 1. The van der Waals surface area contributed by atoms with Crippen molar-refractivity contribution in [1.82, 2.24) is 4.90 Å². The first-order valence-corrected chi connectivity index (χ1v) is 7.20. The lowest BCUT2D eigenvalue weighted by Gasteiger charge is -2.16. The van der Waals surface area contributed by atoms with Gasteiger partial charge in [-0.05, 0) is 36.7 Å². The number of hydrogen-bond acceptors (Lipinski definition) is 4. The number of carboxylic acid groups (broad SMARTS) is 1. The summed E-state index contributed by atoms with van der Waals surface area (Å²) in [5.74, 6) is -0.348. The number of likely N-dealkylation sites (N-methyl/N-ethyl adjacent to an activating group) is 1. The van der Waals surface area contributed by atoms with E-state index in [4.69, 9.17) is 9.84 Å². The Morgan fingerprint density at radius 1 is 1.35 bits per heavy atom. The maximum absolute atomic E-state index is 10.9. The third-order valence-corrected chi connectivity index (χ3v) is 3.69. The fraction of sp³-hybridized carbons (Fsp3) is 0.267. The molecule has 0 fully saturated rings. The van der Waals surface area contributed by atoms with Gasteiger partial charge in [0, 0.05) is 18.0 Å². The monoisotopic (exact) mass is 291 g/mol. The van der Waals surface area contributed by atoms with Crippen molar-refractivity contribution in [3.05, 3.63) is 52.2 Å². The number of carboxylic acids is 1. The van der Waals surface area contributed by atoms with Gasteiger partial charge >= 0.3 is 5.97 Å². The Labute approximate surface area is 122 Å². The summed E-state index contributed by atoms with van der Waals surface area (Å²) < 4.78 is 5.59. The van der Waals surface area contributed by atoms with Crippen molar-refractivity contribution in [2.75, 3.05) is 20.2 Å². The summed E-state index contributed by atoms with van der Waals surface area (Å²) in [4.78, 5) is 14.3. The van der Waals surface area contributed by atoms with E-state index in [1.807, 2.05) is 13.1 Å². The van der Waals surface area contributed by atoms with Crippen LogP contribution in [0.5, 0.6) is 5.75 Å². The summed E-state index contributed by atoms with van der Waals surface area (Å²) >= 11 is 1.74. The second kappa shape index (κ2) is 7.07. The van der Waals surface area contributed by atoms with Gasteiger partial charge in [0.2, 0.25) is 0 Å². The molecule has 20 heavy (non-hydrogen) atoms. The van der Waals surface area contributed by atoms with E-state index >= 15 is 0 Å². The number of rotatable bonds is 7. The number of aromatic carboxylic acids is 1. The van der Waals surface area contributed by atoms with Crippen LogP contribution in [0.15, 0.2) is 41.8 Å². The quantitative estimate of drug-likeness (QED) is 0.852. The molecule has 1 aromatic heterocycles. The van der Waals surface area contributed by atoms with Gasteiger partial charge < -0.3 is 9.84 Å². The molecule has 106 valence electrons. The van der Waals surface area contributed by atoms with Gasteiger partial charge in [-0.2, -0.15) is 0 Å². The molecule has 0 radical (unpaired) electrons. The molecular weight excluding hydrogens is 274 g/mol. The van der Waals surface area contributed by atoms with Crippen LogP contribution < -0.4 is 4.74 Å². The van der Waals surface area contributed by atoms with Gasteiger partial charge in [0.05, 0.1) is 5.56 Å². The minimum absolute atomic E-state index is 0.245. The van der Waals surface area contributed by atoms with Crippen LogP contribution in [0.4, 0.5) is 0 Å². The smallest absolute Gasteiger partial charge is 0.335 e. The molecule has 0 amide bonds. The molecule has 1 heterocycles. The zero-order valence-electron chi connectivity index (χ0n) is 11.3. The molecule has 2 aromatic rings. The van der Waals surface area contributed by atoms with Crippen LogP contribution >= 0.6 is 11.3 Å². The van der Waals surface area contributed by atoms with Crippen LogP contribution in [-0.2, 0) is 6.54 Å². The second-order valence-corrected chi connectivity index (χ2v) is 5.53. The van der Waals surface area contributed by atoms with Gasteiger partial charge in [0.15, 0.2) is 0 Å². The van der Waals surface area contributed by atoms with Gasteiger partial charge in [0.25, 0.3) is 0 Å². The first-order valence-electron chi connectivity index (χ1n) is 6.32. The standard InChI is InChI=1S/C15H17NO3S/c1-16(11-14-6-3-9-20-14)7-8-19-13-5-2-4-12(10-13)15(17)18/h2-6,9-10H,7-8,11H2,1H3,(H,17,18). The molecule has 0 spiro atoms. The highest BCUT2D eigenvalue weighted by Gasteiger charge is 2.05. The zero-order chi connectivity index (χ0) is 14.4. The van der Waals surface area contributed by atoms with Crippen molar-refractivity contribution >= 4 is 17.3 Å². The van der Waals surface area contributed by atoms with E-state index in [1.165, 1.54) is 4.88 Å². The highest BCUT2D eigenvalue weighted by Crippen LogP contribution is 2.14. The lowest BCUT2D eigenvalue weighted by Crippen LogP contribution is -2.23. The van der Waals surface area contributed by atoms with Crippen LogP contribution in [0.1, 0.15) is 15.2 Å². The van der Waals surface area contributed by atoms with Gasteiger partial charge in [-0.3, -0.25) is 4.90 Å². The molecule has 0 bridgehead atoms. The van der Waals surface area contributed by atoms with Gasteiger partial charge in [-0.1, -0.05) is 12.1 Å². The van der Waals surface area contributed by atoms with Crippen molar-refractivity contribution in [1.29, 1.82) is 0 Å². The Balaban J connectivity index is 1.78. The average Bonchev–Trinajstić information content (AvgIpc) is 2.92. The highest BCUT2D eigenvalue weighted by molar-refractivity contribution is 7.09. The van der Waals surface area contributed by atoms with Crippen molar-refractivity contribution in [2.45, 2.75) is 6.54 Å². The number of carbonyl (C=O) groups is 1. The van der Waals surface area contributed by atoms with E-state index in [0.29, 0.717) is 12.4 Å². The zero-order valence-corrected chi connectivity index (χ0v) is 12.1. The number of hydrogen-bond donors (Lipinski definition) is 1. The predicted octanol–water partition coefficient (Wildman–Crippen LogP) is 2.96. The maximum Gasteiger partial charge on any atom is 0.335 e.